The first kappa shape index (κ1) is 18.9. The zero-order chi connectivity index (χ0) is 16.6. The van der Waals surface area contributed by atoms with Crippen LogP contribution in [-0.4, -0.2) is 21.6 Å². The van der Waals surface area contributed by atoms with Crippen molar-refractivity contribution in [3.05, 3.63) is 41.9 Å². The van der Waals surface area contributed by atoms with Gasteiger partial charge in [-0.3, -0.25) is 4.57 Å². The van der Waals surface area contributed by atoms with E-state index in [1.165, 1.54) is 12.1 Å². The molecule has 0 aliphatic carbocycles. The first-order chi connectivity index (χ1) is 10.4. The molecule has 1 rings (SSSR count). The topological polar surface area (TPSA) is 78.9 Å². The van der Waals surface area contributed by atoms with E-state index in [-0.39, 0.29) is 29.8 Å². The Bertz CT molecular complexity index is 629. The lowest BCUT2D eigenvalue weighted by atomic mass is 10.4. The van der Waals surface area contributed by atoms with Crippen LogP contribution in [0.5, 0.6) is 0 Å². The van der Waals surface area contributed by atoms with E-state index in [1.807, 2.05) is 0 Å². The van der Waals surface area contributed by atoms with E-state index in [4.69, 9.17) is 13.2 Å². The van der Waals surface area contributed by atoms with Crippen LogP contribution in [0.2, 0.25) is 0 Å². The van der Waals surface area contributed by atoms with Crippen molar-refractivity contribution in [2.24, 2.45) is 0 Å². The fourth-order valence-corrected chi connectivity index (χ4v) is 4.22. The smallest absolute Gasteiger partial charge is 0.360 e. The van der Waals surface area contributed by atoms with E-state index in [0.29, 0.717) is 0 Å². The fraction of sp³-hybridized carbons (Fsp3) is 0.429. The van der Waals surface area contributed by atoms with Crippen LogP contribution in [0.3, 0.4) is 0 Å². The third-order valence-corrected chi connectivity index (χ3v) is 6.18. The highest BCUT2D eigenvalue weighted by atomic mass is 32.2. The molecule has 8 heteroatoms. The molecule has 0 amide bonds. The van der Waals surface area contributed by atoms with Crippen molar-refractivity contribution in [1.29, 1.82) is 0 Å². The normalized spacial score (nSPS) is 13.1. The third-order valence-electron chi connectivity index (χ3n) is 2.65. The SMILES string of the molecule is CCOP(=O)(OCC)C(=COS(=O)(=O)c1ccccc1)CC. The summed E-state index contributed by atoms with van der Waals surface area (Å²) in [7, 11) is -7.50. The number of hydrogen-bond acceptors (Lipinski definition) is 6. The molecule has 1 aromatic rings. The van der Waals surface area contributed by atoms with Crippen LogP contribution in [0, 0.1) is 0 Å². The summed E-state index contributed by atoms with van der Waals surface area (Å²) in [4.78, 5) is 0.0179. The van der Waals surface area contributed by atoms with E-state index in [9.17, 15) is 13.0 Å². The summed E-state index contributed by atoms with van der Waals surface area (Å²) in [5, 5.41) is 0.177. The second-order valence-electron chi connectivity index (χ2n) is 4.16. The van der Waals surface area contributed by atoms with Crippen molar-refractivity contribution < 1.29 is 26.2 Å². The Morgan fingerprint density at radius 2 is 1.64 bits per heavy atom. The molecule has 0 aromatic heterocycles. The Balaban J connectivity index is 3.05. The molecule has 0 atom stereocenters. The molecule has 0 saturated carbocycles. The number of allylic oxidation sites excluding steroid dienone is 1. The van der Waals surface area contributed by atoms with Gasteiger partial charge < -0.3 is 13.2 Å². The molecule has 0 N–H and O–H groups in total. The van der Waals surface area contributed by atoms with Gasteiger partial charge in [0.1, 0.15) is 11.2 Å². The van der Waals surface area contributed by atoms with Gasteiger partial charge >= 0.3 is 17.7 Å². The van der Waals surface area contributed by atoms with Crippen LogP contribution in [0.1, 0.15) is 27.2 Å². The second-order valence-corrected chi connectivity index (χ2v) is 7.82. The maximum absolute atomic E-state index is 12.6. The Kier molecular flexibility index (Phi) is 7.29. The summed E-state index contributed by atoms with van der Waals surface area (Å²) in [6.45, 7) is 5.44. The fourth-order valence-electron chi connectivity index (χ4n) is 1.65. The predicted molar refractivity (Wildman–Crippen MR) is 83.9 cm³/mol. The van der Waals surface area contributed by atoms with Gasteiger partial charge in [0.15, 0.2) is 0 Å². The molecule has 0 spiro atoms. The first-order valence-corrected chi connectivity index (χ1v) is 9.91. The minimum Gasteiger partial charge on any atom is -0.386 e. The van der Waals surface area contributed by atoms with Gasteiger partial charge in [-0.25, -0.2) is 0 Å². The molecule has 124 valence electrons. The minimum atomic E-state index is -3.96. The Morgan fingerprint density at radius 3 is 2.09 bits per heavy atom. The monoisotopic (exact) mass is 348 g/mol. The largest absolute Gasteiger partial charge is 0.386 e. The highest BCUT2D eigenvalue weighted by Crippen LogP contribution is 2.57. The molecule has 0 heterocycles. The molecule has 0 aliphatic heterocycles. The second kappa shape index (κ2) is 8.48. The van der Waals surface area contributed by atoms with E-state index in [0.717, 1.165) is 6.26 Å². The highest BCUT2D eigenvalue weighted by Gasteiger charge is 2.29. The standard InChI is InChI=1S/C14H21O6PS/c1-4-13(21(15,18-5-2)19-6-3)12-20-22(16,17)14-10-8-7-9-11-14/h7-12H,4-6H2,1-3H3. The summed E-state index contributed by atoms with van der Waals surface area (Å²) >= 11 is 0. The average Bonchev–Trinajstić information content (AvgIpc) is 2.49. The van der Waals surface area contributed by atoms with Gasteiger partial charge in [0.2, 0.25) is 0 Å². The molecule has 0 saturated heterocycles. The molecule has 0 radical (unpaired) electrons. The number of rotatable bonds is 9. The Morgan fingerprint density at radius 1 is 1.09 bits per heavy atom. The Hall–Kier alpha value is -1.14. The van der Waals surface area contributed by atoms with Crippen LogP contribution >= 0.6 is 7.60 Å². The molecule has 6 nitrogen and oxygen atoms in total. The van der Waals surface area contributed by atoms with E-state index in [1.54, 1.807) is 39.0 Å². The van der Waals surface area contributed by atoms with Gasteiger partial charge in [-0.15, -0.1) is 0 Å². The van der Waals surface area contributed by atoms with Gasteiger partial charge in [0.25, 0.3) is 0 Å². The zero-order valence-electron chi connectivity index (χ0n) is 12.9. The Labute approximate surface area is 131 Å². The molecule has 0 unspecified atom stereocenters. The summed E-state index contributed by atoms with van der Waals surface area (Å²) in [6, 6.07) is 7.71. The van der Waals surface area contributed by atoms with Gasteiger partial charge in [0.05, 0.1) is 18.5 Å². The van der Waals surface area contributed by atoms with Crippen molar-refractivity contribution >= 4 is 17.7 Å². The summed E-state index contributed by atoms with van der Waals surface area (Å²) < 4.78 is 52.0. The number of hydrogen-bond donors (Lipinski definition) is 0. The highest BCUT2D eigenvalue weighted by molar-refractivity contribution is 7.86. The zero-order valence-corrected chi connectivity index (χ0v) is 14.6. The quantitative estimate of drug-likeness (QED) is 0.382. The minimum absolute atomic E-state index is 0.0179. The van der Waals surface area contributed by atoms with Gasteiger partial charge in [-0.1, -0.05) is 25.1 Å². The average molecular weight is 348 g/mol. The molecule has 0 bridgehead atoms. The molecular formula is C14H21O6PS. The maximum atomic E-state index is 12.6. The molecule has 0 fully saturated rings. The molecule has 0 aliphatic rings. The van der Waals surface area contributed by atoms with Crippen molar-refractivity contribution in [3.63, 3.8) is 0 Å². The van der Waals surface area contributed by atoms with Crippen LogP contribution in [0.4, 0.5) is 0 Å². The van der Waals surface area contributed by atoms with E-state index < -0.39 is 17.7 Å². The van der Waals surface area contributed by atoms with Gasteiger partial charge in [-0.2, -0.15) is 8.42 Å². The van der Waals surface area contributed by atoms with Crippen molar-refractivity contribution in [2.45, 2.75) is 32.1 Å². The summed E-state index contributed by atoms with van der Waals surface area (Å²) in [6.07, 6.45) is 1.23. The molecule has 22 heavy (non-hydrogen) atoms. The van der Waals surface area contributed by atoms with Crippen LogP contribution in [0.15, 0.2) is 46.8 Å². The predicted octanol–water partition coefficient (Wildman–Crippen LogP) is 3.91. The van der Waals surface area contributed by atoms with Crippen molar-refractivity contribution in [3.8, 4) is 0 Å². The van der Waals surface area contributed by atoms with Crippen molar-refractivity contribution in [1.82, 2.24) is 0 Å². The maximum Gasteiger partial charge on any atom is 0.360 e. The number of benzene rings is 1. The lowest BCUT2D eigenvalue weighted by Crippen LogP contribution is -2.04. The molecular weight excluding hydrogens is 327 g/mol. The summed E-state index contributed by atoms with van der Waals surface area (Å²) in [5.41, 5.74) is 0. The van der Waals surface area contributed by atoms with Crippen LogP contribution < -0.4 is 0 Å². The van der Waals surface area contributed by atoms with Crippen LogP contribution in [0.25, 0.3) is 0 Å². The van der Waals surface area contributed by atoms with Gasteiger partial charge in [-0.05, 0) is 32.4 Å². The van der Waals surface area contributed by atoms with Gasteiger partial charge in [0, 0.05) is 0 Å². The lowest BCUT2D eigenvalue weighted by molar-refractivity contribution is 0.225. The van der Waals surface area contributed by atoms with Crippen molar-refractivity contribution in [2.75, 3.05) is 13.2 Å². The van der Waals surface area contributed by atoms with E-state index >= 15 is 0 Å². The van der Waals surface area contributed by atoms with E-state index in [2.05, 4.69) is 0 Å². The summed E-state index contributed by atoms with van der Waals surface area (Å²) in [5.74, 6) is 0. The lowest BCUT2D eigenvalue weighted by Gasteiger charge is -2.18. The molecule has 1 aromatic carbocycles. The third kappa shape index (κ3) is 4.95. The van der Waals surface area contributed by atoms with Crippen LogP contribution in [-0.2, 0) is 27.9 Å². The first-order valence-electron chi connectivity index (χ1n) is 6.96.